The number of hydrogen-bond acceptors (Lipinski definition) is 5. The van der Waals surface area contributed by atoms with Crippen LogP contribution in [0.5, 0.6) is 0 Å². The lowest BCUT2D eigenvalue weighted by molar-refractivity contribution is -0.0754. The van der Waals surface area contributed by atoms with Crippen LogP contribution in [0.25, 0.3) is 0 Å². The molecule has 1 N–H and O–H groups in total. The number of likely N-dealkylation sites (tertiary alicyclic amines) is 1. The molecule has 4 rings (SSSR count). The number of nitrogens with zero attached hydrogens (tertiary/aromatic N) is 2. The quantitative estimate of drug-likeness (QED) is 0.750. The Morgan fingerprint density at radius 3 is 2.79 bits per heavy atom. The van der Waals surface area contributed by atoms with Gasteiger partial charge in [0.05, 0.1) is 16.7 Å². The molecule has 1 aromatic carbocycles. The average molecular weight is 414 g/mol. The Morgan fingerprint density at radius 1 is 1.28 bits per heavy atom. The fourth-order valence-corrected chi connectivity index (χ4v) is 5.10. The van der Waals surface area contributed by atoms with Crippen molar-refractivity contribution in [2.75, 3.05) is 26.2 Å². The van der Waals surface area contributed by atoms with E-state index in [1.165, 1.54) is 23.3 Å². The summed E-state index contributed by atoms with van der Waals surface area (Å²) in [6, 6.07) is 10.7. The van der Waals surface area contributed by atoms with E-state index in [1.807, 2.05) is 12.3 Å². The van der Waals surface area contributed by atoms with Gasteiger partial charge in [-0.2, -0.15) is 0 Å². The number of thiazole rings is 1. The van der Waals surface area contributed by atoms with Gasteiger partial charge in [0.1, 0.15) is 5.69 Å². The molecule has 2 aliphatic rings. The van der Waals surface area contributed by atoms with Crippen LogP contribution in [0.3, 0.4) is 0 Å². The molecule has 1 spiro atoms. The van der Waals surface area contributed by atoms with Crippen molar-refractivity contribution < 1.29 is 9.53 Å². The second-order valence-electron chi connectivity index (χ2n) is 8.35. The van der Waals surface area contributed by atoms with Crippen LogP contribution in [0.1, 0.15) is 53.2 Å². The number of nitrogens with one attached hydrogen (secondary N) is 1. The normalized spacial score (nSPS) is 21.5. The minimum atomic E-state index is -0.0906. The van der Waals surface area contributed by atoms with E-state index in [4.69, 9.17) is 4.74 Å². The molecule has 3 heterocycles. The topological polar surface area (TPSA) is 54.5 Å². The van der Waals surface area contributed by atoms with Gasteiger partial charge in [0.2, 0.25) is 0 Å². The van der Waals surface area contributed by atoms with Crippen LogP contribution < -0.4 is 5.32 Å². The van der Waals surface area contributed by atoms with E-state index in [1.54, 1.807) is 0 Å². The van der Waals surface area contributed by atoms with Crippen molar-refractivity contribution in [2.24, 2.45) is 0 Å². The second-order valence-corrected chi connectivity index (χ2v) is 9.42. The monoisotopic (exact) mass is 413 g/mol. The Balaban J connectivity index is 1.16. The predicted molar refractivity (Wildman–Crippen MR) is 116 cm³/mol. The molecular weight excluding hydrogens is 382 g/mol. The van der Waals surface area contributed by atoms with Crippen molar-refractivity contribution in [3.8, 4) is 0 Å². The maximum absolute atomic E-state index is 12.2. The third-order valence-electron chi connectivity index (χ3n) is 6.23. The van der Waals surface area contributed by atoms with E-state index in [0.29, 0.717) is 12.2 Å². The van der Waals surface area contributed by atoms with Gasteiger partial charge >= 0.3 is 0 Å². The molecule has 2 aliphatic heterocycles. The molecule has 1 aromatic heterocycles. The summed E-state index contributed by atoms with van der Waals surface area (Å²) < 4.78 is 6.44. The fraction of sp³-hybridized carbons (Fsp3) is 0.565. The molecule has 0 radical (unpaired) electrons. The summed E-state index contributed by atoms with van der Waals surface area (Å²) in [5, 5.41) is 5.73. The number of aryl methyl sites for hydroxylation is 2. The van der Waals surface area contributed by atoms with E-state index in [0.717, 1.165) is 56.7 Å². The Hall–Kier alpha value is -1.76. The zero-order chi connectivity index (χ0) is 20.1. The van der Waals surface area contributed by atoms with Crippen molar-refractivity contribution >= 4 is 17.2 Å². The van der Waals surface area contributed by atoms with Gasteiger partial charge in [-0.1, -0.05) is 30.3 Å². The van der Waals surface area contributed by atoms with Crippen molar-refractivity contribution in [3.05, 3.63) is 52.0 Å². The summed E-state index contributed by atoms with van der Waals surface area (Å²) in [6.45, 7) is 5.90. The Bertz CT molecular complexity index is 799. The van der Waals surface area contributed by atoms with Gasteiger partial charge in [-0.25, -0.2) is 4.98 Å². The summed E-state index contributed by atoms with van der Waals surface area (Å²) in [6.07, 6.45) is 6.85. The van der Waals surface area contributed by atoms with Crippen LogP contribution in [0.2, 0.25) is 0 Å². The number of carbonyl (C=O) groups is 1. The van der Waals surface area contributed by atoms with Gasteiger partial charge in [0, 0.05) is 25.0 Å². The van der Waals surface area contributed by atoms with Crippen LogP contribution in [0, 0.1) is 6.92 Å². The first-order chi connectivity index (χ1) is 14.1. The van der Waals surface area contributed by atoms with Crippen molar-refractivity contribution in [1.29, 1.82) is 0 Å². The maximum atomic E-state index is 12.2. The molecule has 0 unspecified atom stereocenters. The van der Waals surface area contributed by atoms with Crippen LogP contribution in [-0.4, -0.2) is 53.7 Å². The summed E-state index contributed by atoms with van der Waals surface area (Å²) in [5.74, 6) is -0.0906. The molecule has 29 heavy (non-hydrogen) atoms. The third-order valence-corrected chi connectivity index (χ3v) is 7.00. The highest BCUT2D eigenvalue weighted by Gasteiger charge is 2.42. The SMILES string of the molecule is Cc1nc(C(=O)NC[C@H]2CCC3(CCN(CCCc4ccccc4)CC3)O2)cs1. The van der Waals surface area contributed by atoms with Gasteiger partial charge in [-0.05, 0) is 57.6 Å². The highest BCUT2D eigenvalue weighted by Crippen LogP contribution is 2.38. The van der Waals surface area contributed by atoms with Gasteiger partial charge in [0.25, 0.3) is 5.91 Å². The highest BCUT2D eigenvalue weighted by molar-refractivity contribution is 7.09. The molecule has 5 nitrogen and oxygen atoms in total. The lowest BCUT2D eigenvalue weighted by atomic mass is 9.88. The maximum Gasteiger partial charge on any atom is 0.270 e. The van der Waals surface area contributed by atoms with Gasteiger partial charge in [-0.3, -0.25) is 4.79 Å². The number of benzene rings is 1. The number of amides is 1. The molecule has 1 atom stereocenters. The first-order valence-corrected chi connectivity index (χ1v) is 11.6. The molecule has 6 heteroatoms. The molecule has 1 amide bonds. The minimum Gasteiger partial charge on any atom is -0.370 e. The van der Waals surface area contributed by atoms with Crippen molar-refractivity contribution in [2.45, 2.75) is 57.2 Å². The zero-order valence-corrected chi connectivity index (χ0v) is 18.0. The number of carbonyl (C=O) groups excluding carboxylic acids is 1. The second kappa shape index (κ2) is 9.37. The number of aromatic nitrogens is 1. The molecule has 2 fully saturated rings. The molecular formula is C23H31N3O2S. The van der Waals surface area contributed by atoms with Gasteiger partial charge in [0.15, 0.2) is 0 Å². The van der Waals surface area contributed by atoms with Crippen molar-refractivity contribution in [3.63, 3.8) is 0 Å². The van der Waals surface area contributed by atoms with Crippen LogP contribution >= 0.6 is 11.3 Å². The summed E-state index contributed by atoms with van der Waals surface area (Å²) in [4.78, 5) is 19.0. The predicted octanol–water partition coefficient (Wildman–Crippen LogP) is 3.83. The number of ether oxygens (including phenoxy) is 1. The lowest BCUT2D eigenvalue weighted by Crippen LogP contribution is -2.45. The molecule has 2 aromatic rings. The van der Waals surface area contributed by atoms with Crippen LogP contribution in [0.15, 0.2) is 35.7 Å². The number of hydrogen-bond donors (Lipinski definition) is 1. The van der Waals surface area contributed by atoms with Gasteiger partial charge in [-0.15, -0.1) is 11.3 Å². The first kappa shape index (κ1) is 20.5. The molecule has 0 saturated carbocycles. The lowest BCUT2D eigenvalue weighted by Gasteiger charge is -2.39. The third kappa shape index (κ3) is 5.44. The van der Waals surface area contributed by atoms with E-state index in [-0.39, 0.29) is 17.6 Å². The van der Waals surface area contributed by atoms with E-state index < -0.39 is 0 Å². The molecule has 0 aliphatic carbocycles. The Labute approximate surface area is 177 Å². The Kier molecular flexibility index (Phi) is 6.63. The fourth-order valence-electron chi connectivity index (χ4n) is 4.51. The standard InChI is InChI=1S/C23H31N3O2S/c1-18-25-21(17-29-18)22(27)24-16-20-9-10-23(28-20)11-14-26(15-12-23)13-5-8-19-6-3-2-4-7-19/h2-4,6-7,17,20H,5,8-16H2,1H3,(H,24,27)/t20-/m1/s1. The van der Waals surface area contributed by atoms with E-state index in [9.17, 15) is 4.79 Å². The Morgan fingerprint density at radius 2 is 2.07 bits per heavy atom. The zero-order valence-electron chi connectivity index (χ0n) is 17.2. The summed E-state index contributed by atoms with van der Waals surface area (Å²) >= 11 is 1.50. The van der Waals surface area contributed by atoms with Crippen LogP contribution in [0.4, 0.5) is 0 Å². The molecule has 0 bridgehead atoms. The highest BCUT2D eigenvalue weighted by atomic mass is 32.1. The number of rotatable bonds is 7. The van der Waals surface area contributed by atoms with Crippen molar-refractivity contribution in [1.82, 2.24) is 15.2 Å². The summed E-state index contributed by atoms with van der Waals surface area (Å²) in [7, 11) is 0. The van der Waals surface area contributed by atoms with E-state index in [2.05, 4.69) is 45.5 Å². The number of piperidine rings is 1. The smallest absolute Gasteiger partial charge is 0.270 e. The largest absolute Gasteiger partial charge is 0.370 e. The van der Waals surface area contributed by atoms with Gasteiger partial charge < -0.3 is 15.0 Å². The first-order valence-electron chi connectivity index (χ1n) is 10.8. The summed E-state index contributed by atoms with van der Waals surface area (Å²) in [5.41, 5.74) is 1.98. The molecule has 156 valence electrons. The van der Waals surface area contributed by atoms with E-state index >= 15 is 0 Å². The average Bonchev–Trinajstić information content (AvgIpc) is 3.35. The molecule has 2 saturated heterocycles. The van der Waals surface area contributed by atoms with Crippen LogP contribution in [-0.2, 0) is 11.2 Å². The minimum absolute atomic E-state index is 0.0303.